The summed E-state index contributed by atoms with van der Waals surface area (Å²) < 4.78 is 0. The summed E-state index contributed by atoms with van der Waals surface area (Å²) in [5.74, 6) is 2.24. The van der Waals surface area contributed by atoms with Crippen LogP contribution in [-0.4, -0.2) is 59.3 Å². The third-order valence-corrected chi connectivity index (χ3v) is 3.57. The van der Waals surface area contributed by atoms with Gasteiger partial charge in [-0.1, -0.05) is 0 Å². The van der Waals surface area contributed by atoms with E-state index in [1.807, 2.05) is 13.8 Å². The first-order chi connectivity index (χ1) is 9.11. The molecular formula is C13H23N5O. The highest BCUT2D eigenvalue weighted by atomic mass is 16.3. The minimum Gasteiger partial charge on any atom is -0.395 e. The van der Waals surface area contributed by atoms with E-state index in [0.29, 0.717) is 5.82 Å². The van der Waals surface area contributed by atoms with Gasteiger partial charge in [0.1, 0.15) is 17.5 Å². The Balaban J connectivity index is 2.14. The fourth-order valence-corrected chi connectivity index (χ4v) is 2.49. The van der Waals surface area contributed by atoms with Gasteiger partial charge in [0.15, 0.2) is 0 Å². The molecule has 0 spiro atoms. The molecule has 0 aliphatic carbocycles. The van der Waals surface area contributed by atoms with Crippen LogP contribution in [0.2, 0.25) is 0 Å². The van der Waals surface area contributed by atoms with Gasteiger partial charge in [0, 0.05) is 31.7 Å². The summed E-state index contributed by atoms with van der Waals surface area (Å²) in [4.78, 5) is 13.3. The van der Waals surface area contributed by atoms with Gasteiger partial charge in [0.05, 0.1) is 6.61 Å². The van der Waals surface area contributed by atoms with Crippen molar-refractivity contribution in [3.8, 4) is 0 Å². The van der Waals surface area contributed by atoms with Gasteiger partial charge in [-0.25, -0.2) is 9.97 Å². The maximum Gasteiger partial charge on any atom is 0.137 e. The average molecular weight is 265 g/mol. The van der Waals surface area contributed by atoms with Crippen LogP contribution >= 0.6 is 0 Å². The van der Waals surface area contributed by atoms with Crippen LogP contribution in [0.15, 0.2) is 0 Å². The number of hydrogen-bond acceptors (Lipinski definition) is 6. The zero-order valence-electron chi connectivity index (χ0n) is 11.8. The van der Waals surface area contributed by atoms with Crippen molar-refractivity contribution in [3.63, 3.8) is 0 Å². The Morgan fingerprint density at radius 1 is 1.16 bits per heavy atom. The molecule has 1 aliphatic heterocycles. The Hall–Kier alpha value is -1.40. The number of nitrogen functional groups attached to an aromatic ring is 1. The van der Waals surface area contributed by atoms with E-state index in [1.54, 1.807) is 0 Å². The van der Waals surface area contributed by atoms with E-state index < -0.39 is 0 Å². The van der Waals surface area contributed by atoms with Gasteiger partial charge in [0.2, 0.25) is 0 Å². The van der Waals surface area contributed by atoms with Crippen LogP contribution in [0.25, 0.3) is 0 Å². The molecule has 1 saturated heterocycles. The molecule has 2 heterocycles. The maximum absolute atomic E-state index is 9.02. The van der Waals surface area contributed by atoms with Crippen LogP contribution in [0, 0.1) is 13.8 Å². The number of aromatic nitrogens is 2. The molecular weight excluding hydrogens is 242 g/mol. The molecule has 1 aliphatic rings. The lowest BCUT2D eigenvalue weighted by Crippen LogP contribution is -2.33. The number of nitrogens with zero attached hydrogens (tertiary/aromatic N) is 4. The Labute approximate surface area is 114 Å². The van der Waals surface area contributed by atoms with Crippen LogP contribution < -0.4 is 10.6 Å². The zero-order valence-corrected chi connectivity index (χ0v) is 11.8. The van der Waals surface area contributed by atoms with E-state index >= 15 is 0 Å². The van der Waals surface area contributed by atoms with Gasteiger partial charge >= 0.3 is 0 Å². The Morgan fingerprint density at radius 3 is 2.68 bits per heavy atom. The summed E-state index contributed by atoms with van der Waals surface area (Å²) in [5, 5.41) is 9.02. The van der Waals surface area contributed by atoms with Crippen molar-refractivity contribution in [1.29, 1.82) is 0 Å². The Kier molecular flexibility index (Phi) is 4.55. The van der Waals surface area contributed by atoms with E-state index in [0.717, 1.165) is 56.4 Å². The lowest BCUT2D eigenvalue weighted by atomic mass is 10.2. The molecule has 0 atom stereocenters. The fourth-order valence-electron chi connectivity index (χ4n) is 2.49. The third kappa shape index (κ3) is 3.33. The lowest BCUT2D eigenvalue weighted by molar-refractivity contribution is 0.204. The topological polar surface area (TPSA) is 78.5 Å². The second kappa shape index (κ2) is 6.16. The van der Waals surface area contributed by atoms with Crippen LogP contribution in [0.1, 0.15) is 17.8 Å². The second-order valence-corrected chi connectivity index (χ2v) is 5.01. The first kappa shape index (κ1) is 14.0. The van der Waals surface area contributed by atoms with E-state index in [4.69, 9.17) is 10.8 Å². The Morgan fingerprint density at radius 2 is 1.95 bits per heavy atom. The van der Waals surface area contributed by atoms with Crippen molar-refractivity contribution in [2.45, 2.75) is 20.3 Å². The molecule has 0 saturated carbocycles. The summed E-state index contributed by atoms with van der Waals surface area (Å²) in [6.07, 6.45) is 1.07. The van der Waals surface area contributed by atoms with Gasteiger partial charge in [-0.3, -0.25) is 4.90 Å². The molecule has 0 radical (unpaired) electrons. The number of rotatable bonds is 3. The van der Waals surface area contributed by atoms with Crippen LogP contribution in [0.4, 0.5) is 11.6 Å². The first-order valence-corrected chi connectivity index (χ1v) is 6.80. The average Bonchev–Trinajstić information content (AvgIpc) is 2.60. The van der Waals surface area contributed by atoms with Gasteiger partial charge in [-0.15, -0.1) is 0 Å². The van der Waals surface area contributed by atoms with Gasteiger partial charge < -0.3 is 15.7 Å². The van der Waals surface area contributed by atoms with E-state index in [2.05, 4.69) is 19.8 Å². The summed E-state index contributed by atoms with van der Waals surface area (Å²) in [7, 11) is 0. The van der Waals surface area contributed by atoms with Crippen molar-refractivity contribution in [2.24, 2.45) is 0 Å². The molecule has 0 aromatic carbocycles. The molecule has 3 N–H and O–H groups in total. The molecule has 0 unspecified atom stereocenters. The highest BCUT2D eigenvalue weighted by Gasteiger charge is 2.18. The number of aliphatic hydroxyl groups excluding tert-OH is 1. The normalized spacial score (nSPS) is 17.5. The molecule has 19 heavy (non-hydrogen) atoms. The summed E-state index contributed by atoms with van der Waals surface area (Å²) in [6.45, 7) is 8.67. The maximum atomic E-state index is 9.02. The number of anilines is 2. The summed E-state index contributed by atoms with van der Waals surface area (Å²) >= 11 is 0. The predicted molar refractivity (Wildman–Crippen MR) is 76.3 cm³/mol. The molecule has 0 bridgehead atoms. The summed E-state index contributed by atoms with van der Waals surface area (Å²) in [6, 6.07) is 0. The van der Waals surface area contributed by atoms with Gasteiger partial charge in [-0.05, 0) is 26.8 Å². The smallest absolute Gasteiger partial charge is 0.137 e. The highest BCUT2D eigenvalue weighted by Crippen LogP contribution is 2.22. The van der Waals surface area contributed by atoms with Crippen molar-refractivity contribution >= 4 is 11.6 Å². The quantitative estimate of drug-likeness (QED) is 0.812. The molecule has 2 rings (SSSR count). The third-order valence-electron chi connectivity index (χ3n) is 3.57. The molecule has 1 aromatic heterocycles. The summed E-state index contributed by atoms with van der Waals surface area (Å²) in [5.41, 5.74) is 6.88. The largest absolute Gasteiger partial charge is 0.395 e. The number of hydrogen-bond donors (Lipinski definition) is 2. The van der Waals surface area contributed by atoms with E-state index in [9.17, 15) is 0 Å². The number of nitrogens with two attached hydrogens (primary N) is 1. The fraction of sp³-hybridized carbons (Fsp3) is 0.692. The molecule has 6 nitrogen and oxygen atoms in total. The van der Waals surface area contributed by atoms with Crippen LogP contribution in [0.3, 0.4) is 0 Å². The highest BCUT2D eigenvalue weighted by molar-refractivity contribution is 5.56. The minimum absolute atomic E-state index is 0.221. The minimum atomic E-state index is 0.221. The van der Waals surface area contributed by atoms with Crippen molar-refractivity contribution in [3.05, 3.63) is 11.4 Å². The molecule has 0 amide bonds. The van der Waals surface area contributed by atoms with Crippen molar-refractivity contribution in [2.75, 3.05) is 50.0 Å². The van der Waals surface area contributed by atoms with Crippen LogP contribution in [-0.2, 0) is 0 Å². The van der Waals surface area contributed by atoms with Crippen LogP contribution in [0.5, 0.6) is 0 Å². The van der Waals surface area contributed by atoms with Crippen molar-refractivity contribution in [1.82, 2.24) is 14.9 Å². The Bertz CT molecular complexity index is 437. The zero-order chi connectivity index (χ0) is 13.8. The molecule has 106 valence electrons. The SMILES string of the molecule is Cc1nc(N)c(C)c(N2CCCN(CCO)CC2)n1. The standard InChI is InChI=1S/C13H23N5O/c1-10-12(14)15-11(2)16-13(10)18-5-3-4-17(6-7-18)8-9-19/h19H,3-9H2,1-2H3,(H2,14,15,16). The van der Waals surface area contributed by atoms with Crippen molar-refractivity contribution < 1.29 is 5.11 Å². The molecule has 1 fully saturated rings. The second-order valence-electron chi connectivity index (χ2n) is 5.01. The monoisotopic (exact) mass is 265 g/mol. The number of aliphatic hydroxyl groups is 1. The molecule has 6 heteroatoms. The van der Waals surface area contributed by atoms with E-state index in [1.165, 1.54) is 0 Å². The van der Waals surface area contributed by atoms with Gasteiger partial charge in [-0.2, -0.15) is 0 Å². The number of aryl methyl sites for hydroxylation is 1. The van der Waals surface area contributed by atoms with Gasteiger partial charge in [0.25, 0.3) is 0 Å². The number of β-amino-alcohol motifs (C(OH)–C–C–N with tert-alkyl or cyclic N) is 1. The van der Waals surface area contributed by atoms with E-state index in [-0.39, 0.29) is 6.61 Å². The predicted octanol–water partition coefficient (Wildman–Crippen LogP) is 0.180. The lowest BCUT2D eigenvalue weighted by Gasteiger charge is -2.24. The molecule has 1 aromatic rings. The first-order valence-electron chi connectivity index (χ1n) is 6.80.